The van der Waals surface area contributed by atoms with Gasteiger partial charge in [-0.2, -0.15) is 0 Å². The Balaban J connectivity index is 2.35. The van der Waals surface area contributed by atoms with E-state index in [1.54, 1.807) is 0 Å². The molecule has 1 unspecified atom stereocenters. The molecule has 2 rings (SSSR count). The highest BCUT2D eigenvalue weighted by Crippen LogP contribution is 2.28. The summed E-state index contributed by atoms with van der Waals surface area (Å²) in [5.41, 5.74) is 0.0215. The molecule has 0 aliphatic carbocycles. The molecule has 1 aromatic heterocycles. The molecule has 1 atom stereocenters. The molecule has 0 spiro atoms. The van der Waals surface area contributed by atoms with Crippen molar-refractivity contribution in [3.05, 3.63) is 22.2 Å². The van der Waals surface area contributed by atoms with E-state index in [-0.39, 0.29) is 18.3 Å². The van der Waals surface area contributed by atoms with Gasteiger partial charge in [0.05, 0.1) is 29.7 Å². The summed E-state index contributed by atoms with van der Waals surface area (Å²) in [6.07, 6.45) is 2.96. The Bertz CT molecular complexity index is 481. The highest BCUT2D eigenvalue weighted by Gasteiger charge is 2.25. The van der Waals surface area contributed by atoms with Crippen molar-refractivity contribution in [1.29, 1.82) is 0 Å². The summed E-state index contributed by atoms with van der Waals surface area (Å²) in [6, 6.07) is 2.91. The van der Waals surface area contributed by atoms with Crippen LogP contribution in [0.2, 0.25) is 0 Å². The molecule has 110 valence electrons. The van der Waals surface area contributed by atoms with Crippen LogP contribution in [-0.2, 0) is 0 Å². The van der Waals surface area contributed by atoms with Crippen molar-refractivity contribution in [1.82, 2.24) is 4.98 Å². The van der Waals surface area contributed by atoms with Crippen LogP contribution in [0.3, 0.4) is 0 Å². The van der Waals surface area contributed by atoms with Crippen molar-refractivity contribution >= 4 is 17.3 Å². The van der Waals surface area contributed by atoms with Gasteiger partial charge in [0.25, 0.3) is 5.69 Å². The van der Waals surface area contributed by atoms with Crippen LogP contribution in [0.15, 0.2) is 12.1 Å². The second kappa shape index (κ2) is 6.51. The van der Waals surface area contributed by atoms with Crippen molar-refractivity contribution in [2.45, 2.75) is 32.2 Å². The van der Waals surface area contributed by atoms with Gasteiger partial charge in [-0.15, -0.1) is 0 Å². The van der Waals surface area contributed by atoms with Gasteiger partial charge in [0, 0.05) is 13.1 Å². The van der Waals surface area contributed by atoms with Gasteiger partial charge in [-0.3, -0.25) is 10.1 Å². The number of rotatable bonds is 5. The Morgan fingerprint density at radius 1 is 1.55 bits per heavy atom. The number of nitrogens with zero attached hydrogens (tertiary/aromatic N) is 3. The lowest BCUT2D eigenvalue weighted by molar-refractivity contribution is -0.384. The van der Waals surface area contributed by atoms with Gasteiger partial charge in [0.1, 0.15) is 11.6 Å². The summed E-state index contributed by atoms with van der Waals surface area (Å²) in [6.45, 7) is 3.38. The van der Waals surface area contributed by atoms with Gasteiger partial charge in [0.2, 0.25) is 0 Å². The summed E-state index contributed by atoms with van der Waals surface area (Å²) in [7, 11) is 0. The molecular formula is C13H20N4O3. The number of aliphatic hydroxyl groups is 1. The number of piperidine rings is 1. The van der Waals surface area contributed by atoms with E-state index in [1.165, 1.54) is 12.1 Å². The fourth-order valence-corrected chi connectivity index (χ4v) is 2.52. The Morgan fingerprint density at radius 3 is 3.00 bits per heavy atom. The largest absolute Gasteiger partial charge is 0.394 e. The zero-order chi connectivity index (χ0) is 14.5. The van der Waals surface area contributed by atoms with Crippen LogP contribution in [-0.4, -0.2) is 40.8 Å². The van der Waals surface area contributed by atoms with E-state index in [0.717, 1.165) is 25.8 Å². The SMILES string of the molecule is CCNc1cc([N+](=O)[O-])cc(N2CCCCC2CO)n1. The molecule has 7 nitrogen and oxygen atoms in total. The van der Waals surface area contributed by atoms with Crippen molar-refractivity contribution in [3.8, 4) is 0 Å². The van der Waals surface area contributed by atoms with E-state index < -0.39 is 4.92 Å². The van der Waals surface area contributed by atoms with E-state index >= 15 is 0 Å². The highest BCUT2D eigenvalue weighted by molar-refractivity contribution is 5.56. The van der Waals surface area contributed by atoms with E-state index in [9.17, 15) is 15.2 Å². The molecule has 1 fully saturated rings. The van der Waals surface area contributed by atoms with E-state index in [4.69, 9.17) is 0 Å². The maximum absolute atomic E-state index is 11.0. The van der Waals surface area contributed by atoms with E-state index in [0.29, 0.717) is 18.2 Å². The summed E-state index contributed by atoms with van der Waals surface area (Å²) in [5, 5.41) is 23.5. The molecule has 7 heteroatoms. The lowest BCUT2D eigenvalue weighted by atomic mass is 10.0. The first-order chi connectivity index (χ1) is 9.65. The van der Waals surface area contributed by atoms with Gasteiger partial charge < -0.3 is 15.3 Å². The van der Waals surface area contributed by atoms with Crippen LogP contribution >= 0.6 is 0 Å². The fourth-order valence-electron chi connectivity index (χ4n) is 2.52. The number of pyridine rings is 1. The fraction of sp³-hybridized carbons (Fsp3) is 0.615. The van der Waals surface area contributed by atoms with Crippen LogP contribution < -0.4 is 10.2 Å². The molecular weight excluding hydrogens is 260 g/mol. The molecule has 1 aliphatic rings. The lowest BCUT2D eigenvalue weighted by Crippen LogP contribution is -2.42. The van der Waals surface area contributed by atoms with Crippen LogP contribution in [0.1, 0.15) is 26.2 Å². The monoisotopic (exact) mass is 280 g/mol. The number of nitrogens with one attached hydrogen (secondary N) is 1. The smallest absolute Gasteiger partial charge is 0.276 e. The zero-order valence-electron chi connectivity index (χ0n) is 11.6. The minimum atomic E-state index is -0.413. The van der Waals surface area contributed by atoms with E-state index in [1.807, 2.05) is 11.8 Å². The number of hydrogen-bond acceptors (Lipinski definition) is 6. The number of nitro groups is 1. The third kappa shape index (κ3) is 3.16. The first-order valence-electron chi connectivity index (χ1n) is 6.93. The van der Waals surface area contributed by atoms with Gasteiger partial charge in [-0.25, -0.2) is 4.98 Å². The maximum atomic E-state index is 11.0. The zero-order valence-corrected chi connectivity index (χ0v) is 11.6. The first kappa shape index (κ1) is 14.5. The van der Waals surface area contributed by atoms with Crippen LogP contribution in [0.5, 0.6) is 0 Å². The molecule has 1 aromatic rings. The molecule has 1 saturated heterocycles. The number of aliphatic hydroxyl groups excluding tert-OH is 1. The molecule has 2 heterocycles. The Morgan fingerprint density at radius 2 is 2.35 bits per heavy atom. The normalized spacial score (nSPS) is 18.9. The third-order valence-electron chi connectivity index (χ3n) is 3.50. The summed E-state index contributed by atoms with van der Waals surface area (Å²) in [5.74, 6) is 1.06. The Labute approximate surface area is 117 Å². The standard InChI is InChI=1S/C13H20N4O3/c1-2-14-12-7-11(17(19)20)8-13(15-12)16-6-4-3-5-10(16)9-18/h7-8,10,18H,2-6,9H2,1H3,(H,14,15). The number of hydrogen-bond donors (Lipinski definition) is 2. The lowest BCUT2D eigenvalue weighted by Gasteiger charge is -2.35. The van der Waals surface area contributed by atoms with Gasteiger partial charge in [-0.05, 0) is 26.2 Å². The minimum Gasteiger partial charge on any atom is -0.394 e. The van der Waals surface area contributed by atoms with Crippen LogP contribution in [0, 0.1) is 10.1 Å². The minimum absolute atomic E-state index is 0.00673. The van der Waals surface area contributed by atoms with Gasteiger partial charge in [-0.1, -0.05) is 0 Å². The quantitative estimate of drug-likeness (QED) is 0.631. The molecule has 2 N–H and O–H groups in total. The summed E-state index contributed by atoms with van der Waals surface area (Å²) < 4.78 is 0. The molecule has 0 aromatic carbocycles. The molecule has 0 radical (unpaired) electrons. The highest BCUT2D eigenvalue weighted by atomic mass is 16.6. The molecule has 0 amide bonds. The molecule has 1 aliphatic heterocycles. The third-order valence-corrected chi connectivity index (χ3v) is 3.50. The molecule has 0 saturated carbocycles. The van der Waals surface area contributed by atoms with Crippen LogP contribution in [0.4, 0.5) is 17.3 Å². The maximum Gasteiger partial charge on any atom is 0.276 e. The van der Waals surface area contributed by atoms with Crippen molar-refractivity contribution in [2.24, 2.45) is 0 Å². The van der Waals surface area contributed by atoms with Crippen molar-refractivity contribution in [3.63, 3.8) is 0 Å². The van der Waals surface area contributed by atoms with E-state index in [2.05, 4.69) is 10.3 Å². The first-order valence-corrected chi connectivity index (χ1v) is 6.93. The van der Waals surface area contributed by atoms with Gasteiger partial charge in [0.15, 0.2) is 0 Å². The number of anilines is 2. The predicted molar refractivity (Wildman–Crippen MR) is 77.1 cm³/mol. The topological polar surface area (TPSA) is 91.5 Å². The second-order valence-electron chi connectivity index (χ2n) is 4.88. The van der Waals surface area contributed by atoms with Crippen molar-refractivity contribution < 1.29 is 10.0 Å². The average molecular weight is 280 g/mol. The molecule has 20 heavy (non-hydrogen) atoms. The van der Waals surface area contributed by atoms with Crippen LogP contribution in [0.25, 0.3) is 0 Å². The summed E-state index contributed by atoms with van der Waals surface area (Å²) >= 11 is 0. The summed E-state index contributed by atoms with van der Waals surface area (Å²) in [4.78, 5) is 17.0. The van der Waals surface area contributed by atoms with Gasteiger partial charge >= 0.3 is 0 Å². The van der Waals surface area contributed by atoms with Crippen molar-refractivity contribution in [2.75, 3.05) is 29.9 Å². The Kier molecular flexibility index (Phi) is 4.73. The second-order valence-corrected chi connectivity index (χ2v) is 4.88. The predicted octanol–water partition coefficient (Wildman–Crippen LogP) is 1.77. The Hall–Kier alpha value is -1.89. The average Bonchev–Trinajstić information content (AvgIpc) is 2.47. The number of aromatic nitrogens is 1. The molecule has 0 bridgehead atoms.